The fraction of sp³-hybridized carbons (Fsp3) is 1.00. The lowest BCUT2D eigenvalue weighted by Crippen LogP contribution is -2.51. The van der Waals surface area contributed by atoms with Crippen molar-refractivity contribution in [3.8, 4) is 0 Å². The predicted octanol–water partition coefficient (Wildman–Crippen LogP) is -0.926. The molecule has 0 aliphatic carbocycles. The van der Waals surface area contributed by atoms with Crippen LogP contribution in [-0.2, 0) is 9.84 Å². The van der Waals surface area contributed by atoms with Crippen LogP contribution in [0.5, 0.6) is 0 Å². The lowest BCUT2D eigenvalue weighted by molar-refractivity contribution is 0.140. The molecule has 1 aliphatic rings. The maximum atomic E-state index is 11.3. The molecule has 1 heterocycles. The molecule has 1 rings (SSSR count). The molecule has 1 fully saturated rings. The summed E-state index contributed by atoms with van der Waals surface area (Å²) in [4.78, 5) is 2.07. The molecule has 0 radical (unpaired) electrons. The van der Waals surface area contributed by atoms with Gasteiger partial charge in [-0.3, -0.25) is 0 Å². The van der Waals surface area contributed by atoms with Gasteiger partial charge in [-0.2, -0.15) is 0 Å². The number of likely N-dealkylation sites (N-methyl/N-ethyl adjacent to an activating group) is 1. The highest BCUT2D eigenvalue weighted by molar-refractivity contribution is 7.91. The zero-order valence-electron chi connectivity index (χ0n) is 10.4. The topological polar surface area (TPSA) is 69.6 Å². The highest BCUT2D eigenvalue weighted by Gasteiger charge is 2.37. The number of sulfone groups is 1. The number of aliphatic hydroxyl groups excluding tert-OH is 1. The van der Waals surface area contributed by atoms with Crippen LogP contribution < -0.4 is 5.32 Å². The second kappa shape index (κ2) is 4.60. The third kappa shape index (κ3) is 3.41. The molecule has 6 heteroatoms. The first-order valence-electron chi connectivity index (χ1n) is 5.43. The molecule has 1 saturated heterocycles. The van der Waals surface area contributed by atoms with E-state index in [0.29, 0.717) is 6.54 Å². The number of rotatable bonds is 4. The number of nitrogens with one attached hydrogen (secondary N) is 1. The van der Waals surface area contributed by atoms with Crippen LogP contribution in [0.2, 0.25) is 0 Å². The first-order valence-corrected chi connectivity index (χ1v) is 7.25. The SMILES string of the molecule is CN(C)C(C)(C)CNC1CS(=O)(=O)CC1O. The number of aliphatic hydroxyl groups is 1. The maximum Gasteiger partial charge on any atom is 0.154 e. The van der Waals surface area contributed by atoms with Gasteiger partial charge in [-0.05, 0) is 27.9 Å². The van der Waals surface area contributed by atoms with Gasteiger partial charge in [0.25, 0.3) is 0 Å². The molecule has 2 unspecified atom stereocenters. The van der Waals surface area contributed by atoms with Gasteiger partial charge in [0.15, 0.2) is 9.84 Å². The summed E-state index contributed by atoms with van der Waals surface area (Å²) in [7, 11) is 0.893. The summed E-state index contributed by atoms with van der Waals surface area (Å²) in [6.45, 7) is 4.78. The fourth-order valence-corrected chi connectivity index (χ4v) is 3.34. The zero-order chi connectivity index (χ0) is 12.6. The van der Waals surface area contributed by atoms with E-state index in [2.05, 4.69) is 24.1 Å². The summed E-state index contributed by atoms with van der Waals surface area (Å²) in [5.41, 5.74) is -0.0634. The van der Waals surface area contributed by atoms with Gasteiger partial charge in [0.2, 0.25) is 0 Å². The Bertz CT molecular complexity index is 338. The van der Waals surface area contributed by atoms with Crippen molar-refractivity contribution in [3.05, 3.63) is 0 Å². The Balaban J connectivity index is 2.51. The predicted molar refractivity (Wildman–Crippen MR) is 64.2 cm³/mol. The zero-order valence-corrected chi connectivity index (χ0v) is 11.2. The average Bonchev–Trinajstić information content (AvgIpc) is 2.36. The van der Waals surface area contributed by atoms with Gasteiger partial charge in [-0.15, -0.1) is 0 Å². The molecule has 16 heavy (non-hydrogen) atoms. The molecule has 0 saturated carbocycles. The molecule has 0 aromatic carbocycles. The van der Waals surface area contributed by atoms with E-state index in [0.717, 1.165) is 0 Å². The van der Waals surface area contributed by atoms with Crippen molar-refractivity contribution in [2.24, 2.45) is 0 Å². The molecule has 96 valence electrons. The third-order valence-corrected chi connectivity index (χ3v) is 5.05. The van der Waals surface area contributed by atoms with Gasteiger partial charge in [-0.1, -0.05) is 0 Å². The van der Waals surface area contributed by atoms with E-state index in [4.69, 9.17) is 0 Å². The lowest BCUT2D eigenvalue weighted by Gasteiger charge is -2.34. The van der Waals surface area contributed by atoms with Crippen LogP contribution >= 0.6 is 0 Å². The van der Waals surface area contributed by atoms with Crippen molar-refractivity contribution in [3.63, 3.8) is 0 Å². The number of nitrogens with zero attached hydrogens (tertiary/aromatic N) is 1. The summed E-state index contributed by atoms with van der Waals surface area (Å²) in [6.07, 6.45) is -0.775. The van der Waals surface area contributed by atoms with E-state index in [1.54, 1.807) is 0 Å². The Morgan fingerprint density at radius 2 is 1.94 bits per heavy atom. The molecule has 2 atom stereocenters. The van der Waals surface area contributed by atoms with Crippen LogP contribution in [0.25, 0.3) is 0 Å². The molecule has 0 spiro atoms. The molecular weight excluding hydrogens is 228 g/mol. The Hall–Kier alpha value is -0.170. The van der Waals surface area contributed by atoms with Crippen molar-refractivity contribution < 1.29 is 13.5 Å². The largest absolute Gasteiger partial charge is 0.390 e. The fourth-order valence-electron chi connectivity index (χ4n) is 1.56. The highest BCUT2D eigenvalue weighted by atomic mass is 32.2. The summed E-state index contributed by atoms with van der Waals surface area (Å²) in [6, 6.07) is -0.329. The van der Waals surface area contributed by atoms with Crippen molar-refractivity contribution in [2.45, 2.75) is 31.5 Å². The van der Waals surface area contributed by atoms with Gasteiger partial charge in [0.1, 0.15) is 0 Å². The first kappa shape index (κ1) is 13.9. The normalized spacial score (nSPS) is 29.9. The van der Waals surface area contributed by atoms with Crippen molar-refractivity contribution >= 4 is 9.84 Å². The molecule has 2 N–H and O–H groups in total. The molecule has 0 aromatic heterocycles. The molecule has 0 amide bonds. The minimum Gasteiger partial charge on any atom is -0.390 e. The number of hydrogen-bond donors (Lipinski definition) is 2. The summed E-state index contributed by atoms with van der Waals surface area (Å²) < 4.78 is 22.6. The van der Waals surface area contributed by atoms with Crippen LogP contribution in [0, 0.1) is 0 Å². The molecule has 0 bridgehead atoms. The molecule has 1 aliphatic heterocycles. The smallest absolute Gasteiger partial charge is 0.154 e. The van der Waals surface area contributed by atoms with E-state index >= 15 is 0 Å². The van der Waals surface area contributed by atoms with Crippen molar-refractivity contribution in [2.75, 3.05) is 32.1 Å². The van der Waals surface area contributed by atoms with Crippen molar-refractivity contribution in [1.82, 2.24) is 10.2 Å². The average molecular weight is 250 g/mol. The van der Waals surface area contributed by atoms with Gasteiger partial charge < -0.3 is 15.3 Å². The van der Waals surface area contributed by atoms with E-state index in [9.17, 15) is 13.5 Å². The standard InChI is InChI=1S/C10H22N2O3S/c1-10(2,12(3)4)7-11-8-5-16(14,15)6-9(8)13/h8-9,11,13H,5-7H2,1-4H3. The Labute approximate surface area is 97.7 Å². The van der Waals surface area contributed by atoms with E-state index in [1.165, 1.54) is 0 Å². The monoisotopic (exact) mass is 250 g/mol. The lowest BCUT2D eigenvalue weighted by atomic mass is 10.0. The maximum absolute atomic E-state index is 11.3. The second-order valence-corrected chi connectivity index (χ2v) is 7.49. The van der Waals surface area contributed by atoms with Crippen LogP contribution in [0.1, 0.15) is 13.8 Å². The van der Waals surface area contributed by atoms with Crippen LogP contribution in [-0.4, -0.2) is 68.3 Å². The Morgan fingerprint density at radius 1 is 1.38 bits per heavy atom. The van der Waals surface area contributed by atoms with Gasteiger partial charge in [-0.25, -0.2) is 8.42 Å². The van der Waals surface area contributed by atoms with Gasteiger partial charge in [0, 0.05) is 18.1 Å². The molecule has 0 aromatic rings. The first-order chi connectivity index (χ1) is 7.14. The van der Waals surface area contributed by atoms with Gasteiger partial charge in [0.05, 0.1) is 17.6 Å². The summed E-state index contributed by atoms with van der Waals surface area (Å²) >= 11 is 0. The Kier molecular flexibility index (Phi) is 3.99. The van der Waals surface area contributed by atoms with Crippen LogP contribution in [0.15, 0.2) is 0 Å². The van der Waals surface area contributed by atoms with Crippen LogP contribution in [0.4, 0.5) is 0 Å². The summed E-state index contributed by atoms with van der Waals surface area (Å²) in [5.74, 6) is -0.0786. The third-order valence-electron chi connectivity index (χ3n) is 3.33. The van der Waals surface area contributed by atoms with Gasteiger partial charge >= 0.3 is 0 Å². The minimum absolute atomic E-state index is 0.0394. The highest BCUT2D eigenvalue weighted by Crippen LogP contribution is 2.14. The minimum atomic E-state index is -3.06. The van der Waals surface area contributed by atoms with Crippen LogP contribution in [0.3, 0.4) is 0 Å². The summed E-state index contributed by atoms with van der Waals surface area (Å²) in [5, 5.41) is 12.7. The molecular formula is C10H22N2O3S. The number of hydrogen-bond acceptors (Lipinski definition) is 5. The Morgan fingerprint density at radius 3 is 2.31 bits per heavy atom. The van der Waals surface area contributed by atoms with E-state index in [-0.39, 0.29) is 23.1 Å². The quantitative estimate of drug-likeness (QED) is 0.675. The van der Waals surface area contributed by atoms with Crippen molar-refractivity contribution in [1.29, 1.82) is 0 Å². The van der Waals surface area contributed by atoms with E-state index in [1.807, 2.05) is 14.1 Å². The second-order valence-electron chi connectivity index (χ2n) is 5.34. The van der Waals surface area contributed by atoms with E-state index < -0.39 is 15.9 Å². The molecule has 5 nitrogen and oxygen atoms in total.